The van der Waals surface area contributed by atoms with Crippen LogP contribution in [0.15, 0.2) is 47.5 Å². The smallest absolute Gasteiger partial charge is 0.252 e. The third-order valence-electron chi connectivity index (χ3n) is 4.02. The van der Waals surface area contributed by atoms with Gasteiger partial charge < -0.3 is 10.6 Å². The third-order valence-corrected chi connectivity index (χ3v) is 5.92. The predicted molar refractivity (Wildman–Crippen MR) is 90.1 cm³/mol. The van der Waals surface area contributed by atoms with Crippen LogP contribution in [0.4, 0.5) is 10.2 Å². The van der Waals surface area contributed by atoms with E-state index in [1.165, 1.54) is 22.5 Å². The van der Waals surface area contributed by atoms with Crippen molar-refractivity contribution < 1.29 is 17.6 Å². The maximum absolute atomic E-state index is 13.3. The van der Waals surface area contributed by atoms with Gasteiger partial charge in [-0.05, 0) is 30.3 Å². The number of pyridine rings is 1. The van der Waals surface area contributed by atoms with Crippen molar-refractivity contribution in [2.45, 2.75) is 4.90 Å². The number of sulfonamides is 1. The third kappa shape index (κ3) is 3.47. The quantitative estimate of drug-likeness (QED) is 0.867. The molecule has 1 aromatic carbocycles. The molecule has 0 unspecified atom stereocenters. The van der Waals surface area contributed by atoms with Crippen LogP contribution in [0.1, 0.15) is 10.4 Å². The minimum Gasteiger partial charge on any atom is -0.365 e. The van der Waals surface area contributed by atoms with Gasteiger partial charge in [-0.15, -0.1) is 0 Å². The standard InChI is InChI=1S/C16H17FN4O3S/c17-12-3-1-4-13(11-12)25(23,24)21-9-7-20(8-10-21)16-14(15(18)22)5-2-6-19-16/h1-6,11H,7-10H2,(H2,18,22). The molecule has 0 spiro atoms. The van der Waals surface area contributed by atoms with Gasteiger partial charge in [0.1, 0.15) is 11.6 Å². The van der Waals surface area contributed by atoms with Gasteiger partial charge in [0.05, 0.1) is 10.5 Å². The van der Waals surface area contributed by atoms with E-state index in [2.05, 4.69) is 4.98 Å². The highest BCUT2D eigenvalue weighted by molar-refractivity contribution is 7.89. The molecule has 9 heteroatoms. The molecule has 25 heavy (non-hydrogen) atoms. The monoisotopic (exact) mass is 364 g/mol. The van der Waals surface area contributed by atoms with E-state index < -0.39 is 21.7 Å². The number of nitrogens with two attached hydrogens (primary N) is 1. The van der Waals surface area contributed by atoms with Gasteiger partial charge in [0.15, 0.2) is 0 Å². The summed E-state index contributed by atoms with van der Waals surface area (Å²) in [6.07, 6.45) is 1.55. The van der Waals surface area contributed by atoms with E-state index in [4.69, 9.17) is 5.73 Å². The molecule has 7 nitrogen and oxygen atoms in total. The van der Waals surface area contributed by atoms with Crippen LogP contribution in [0, 0.1) is 5.82 Å². The fourth-order valence-corrected chi connectivity index (χ4v) is 4.21. The molecule has 0 saturated carbocycles. The number of carbonyl (C=O) groups excluding carboxylic acids is 1. The summed E-state index contributed by atoms with van der Waals surface area (Å²) in [5.74, 6) is -0.741. The fourth-order valence-electron chi connectivity index (χ4n) is 2.76. The van der Waals surface area contributed by atoms with Crippen LogP contribution >= 0.6 is 0 Å². The van der Waals surface area contributed by atoms with Crippen molar-refractivity contribution in [3.63, 3.8) is 0 Å². The van der Waals surface area contributed by atoms with Crippen molar-refractivity contribution in [2.75, 3.05) is 31.1 Å². The van der Waals surface area contributed by atoms with E-state index in [0.29, 0.717) is 24.5 Å². The van der Waals surface area contributed by atoms with Crippen LogP contribution in [0.3, 0.4) is 0 Å². The molecule has 1 fully saturated rings. The van der Waals surface area contributed by atoms with Gasteiger partial charge in [-0.25, -0.2) is 17.8 Å². The highest BCUT2D eigenvalue weighted by Crippen LogP contribution is 2.22. The van der Waals surface area contributed by atoms with Gasteiger partial charge in [0.25, 0.3) is 5.91 Å². The highest BCUT2D eigenvalue weighted by atomic mass is 32.2. The van der Waals surface area contributed by atoms with Gasteiger partial charge in [-0.2, -0.15) is 4.31 Å². The second kappa shape index (κ2) is 6.77. The first-order valence-corrected chi connectivity index (χ1v) is 9.09. The van der Waals surface area contributed by atoms with E-state index >= 15 is 0 Å². The number of rotatable bonds is 4. The molecule has 1 aliphatic heterocycles. The molecule has 0 atom stereocenters. The zero-order chi connectivity index (χ0) is 18.0. The summed E-state index contributed by atoms with van der Waals surface area (Å²) >= 11 is 0. The summed E-state index contributed by atoms with van der Waals surface area (Å²) in [6.45, 7) is 1.11. The largest absolute Gasteiger partial charge is 0.365 e. The SMILES string of the molecule is NC(=O)c1cccnc1N1CCN(S(=O)(=O)c2cccc(F)c2)CC1. The number of anilines is 1. The zero-order valence-corrected chi connectivity index (χ0v) is 14.1. The molecule has 0 aliphatic carbocycles. The molecule has 1 amide bonds. The first-order valence-electron chi connectivity index (χ1n) is 7.65. The van der Waals surface area contributed by atoms with E-state index in [1.54, 1.807) is 18.3 Å². The number of nitrogens with zero attached hydrogens (tertiary/aromatic N) is 3. The molecule has 1 aromatic heterocycles. The first-order chi connectivity index (χ1) is 11.9. The van der Waals surface area contributed by atoms with Crippen LogP contribution in [-0.4, -0.2) is 49.8 Å². The average molecular weight is 364 g/mol. The molecular formula is C16H17FN4O3S. The van der Waals surface area contributed by atoms with Crippen molar-refractivity contribution in [1.82, 2.24) is 9.29 Å². The van der Waals surface area contributed by atoms with Gasteiger partial charge in [0, 0.05) is 32.4 Å². The van der Waals surface area contributed by atoms with Crippen molar-refractivity contribution in [3.05, 3.63) is 54.0 Å². The Labute approximate surface area is 144 Å². The Kier molecular flexibility index (Phi) is 4.69. The number of benzene rings is 1. The van der Waals surface area contributed by atoms with Gasteiger partial charge in [-0.1, -0.05) is 6.07 Å². The van der Waals surface area contributed by atoms with Crippen molar-refractivity contribution in [1.29, 1.82) is 0 Å². The average Bonchev–Trinajstić information content (AvgIpc) is 2.62. The minimum absolute atomic E-state index is 0.0726. The lowest BCUT2D eigenvalue weighted by molar-refractivity contribution is 0.1000. The number of primary amides is 1. The second-order valence-corrected chi connectivity index (χ2v) is 7.53. The molecule has 132 valence electrons. The number of piperazine rings is 1. The second-order valence-electron chi connectivity index (χ2n) is 5.59. The maximum Gasteiger partial charge on any atom is 0.252 e. The lowest BCUT2D eigenvalue weighted by Crippen LogP contribution is -2.49. The number of carbonyl (C=O) groups is 1. The summed E-state index contributed by atoms with van der Waals surface area (Å²) < 4.78 is 39.8. The number of hydrogen-bond acceptors (Lipinski definition) is 5. The first kappa shape index (κ1) is 17.3. The van der Waals surface area contributed by atoms with Gasteiger partial charge >= 0.3 is 0 Å². The Morgan fingerprint density at radius 1 is 1.12 bits per heavy atom. The lowest BCUT2D eigenvalue weighted by atomic mass is 10.2. The molecule has 0 radical (unpaired) electrons. The summed E-state index contributed by atoms with van der Waals surface area (Å²) in [7, 11) is -3.76. The molecule has 2 heterocycles. The fraction of sp³-hybridized carbons (Fsp3) is 0.250. The van der Waals surface area contributed by atoms with Crippen LogP contribution in [-0.2, 0) is 10.0 Å². The lowest BCUT2D eigenvalue weighted by Gasteiger charge is -2.35. The summed E-state index contributed by atoms with van der Waals surface area (Å²) in [4.78, 5) is 17.5. The predicted octanol–water partition coefficient (Wildman–Crippen LogP) is 0.830. The summed E-state index contributed by atoms with van der Waals surface area (Å²) in [5.41, 5.74) is 5.66. The number of halogens is 1. The molecule has 3 rings (SSSR count). The van der Waals surface area contributed by atoms with E-state index in [9.17, 15) is 17.6 Å². The van der Waals surface area contributed by atoms with Crippen LogP contribution < -0.4 is 10.6 Å². The molecule has 2 N–H and O–H groups in total. The molecular weight excluding hydrogens is 347 g/mol. The number of hydrogen-bond donors (Lipinski definition) is 1. The van der Waals surface area contributed by atoms with Crippen LogP contribution in [0.25, 0.3) is 0 Å². The molecule has 1 aliphatic rings. The van der Waals surface area contributed by atoms with E-state index in [1.807, 2.05) is 4.90 Å². The van der Waals surface area contributed by atoms with E-state index in [-0.39, 0.29) is 18.0 Å². The van der Waals surface area contributed by atoms with Crippen molar-refractivity contribution in [2.24, 2.45) is 5.73 Å². The Morgan fingerprint density at radius 2 is 1.84 bits per heavy atom. The number of aromatic nitrogens is 1. The maximum atomic E-state index is 13.3. The Morgan fingerprint density at radius 3 is 2.48 bits per heavy atom. The van der Waals surface area contributed by atoms with Gasteiger partial charge in [-0.3, -0.25) is 4.79 Å². The normalized spacial score (nSPS) is 16.0. The Balaban J connectivity index is 1.77. The van der Waals surface area contributed by atoms with E-state index in [0.717, 1.165) is 6.07 Å². The molecule has 0 bridgehead atoms. The Hall–Kier alpha value is -2.52. The Bertz CT molecular complexity index is 896. The number of amides is 1. The molecule has 1 saturated heterocycles. The van der Waals surface area contributed by atoms with Crippen molar-refractivity contribution in [3.8, 4) is 0 Å². The zero-order valence-electron chi connectivity index (χ0n) is 13.3. The van der Waals surface area contributed by atoms with Crippen LogP contribution in [0.2, 0.25) is 0 Å². The minimum atomic E-state index is -3.76. The molecule has 2 aromatic rings. The van der Waals surface area contributed by atoms with Crippen LogP contribution in [0.5, 0.6) is 0 Å². The topological polar surface area (TPSA) is 96.6 Å². The summed E-state index contributed by atoms with van der Waals surface area (Å²) in [6, 6.07) is 8.14. The highest BCUT2D eigenvalue weighted by Gasteiger charge is 2.30. The summed E-state index contributed by atoms with van der Waals surface area (Å²) in [5, 5.41) is 0. The van der Waals surface area contributed by atoms with Crippen molar-refractivity contribution >= 4 is 21.7 Å². The van der Waals surface area contributed by atoms with Gasteiger partial charge in [0.2, 0.25) is 10.0 Å².